The van der Waals surface area contributed by atoms with Crippen molar-refractivity contribution in [2.24, 2.45) is 0 Å². The van der Waals surface area contributed by atoms with Gasteiger partial charge in [0.25, 0.3) is 0 Å². The van der Waals surface area contributed by atoms with E-state index in [2.05, 4.69) is 0 Å². The third-order valence-electron chi connectivity index (χ3n) is 1.54. The van der Waals surface area contributed by atoms with E-state index in [9.17, 15) is 4.79 Å². The van der Waals surface area contributed by atoms with Crippen molar-refractivity contribution in [3.8, 4) is 0 Å². The zero-order valence-electron chi connectivity index (χ0n) is 6.22. The lowest BCUT2D eigenvalue weighted by atomic mass is 10.1. The number of cyclic esters (lactones) is 1. The van der Waals surface area contributed by atoms with Crippen molar-refractivity contribution >= 4 is 5.97 Å². The standard InChI is InChI=1S/C8H12O2/c1-2-4-7-5-3-6-10-8(7)9/h4H,2-3,5-6H2,1H3. The maximum Gasteiger partial charge on any atom is 0.333 e. The second-order valence-corrected chi connectivity index (χ2v) is 2.38. The molecule has 0 aliphatic carbocycles. The van der Waals surface area contributed by atoms with E-state index in [0.29, 0.717) is 6.61 Å². The molecule has 1 aliphatic heterocycles. The van der Waals surface area contributed by atoms with Gasteiger partial charge < -0.3 is 4.74 Å². The molecule has 56 valence electrons. The molecule has 10 heavy (non-hydrogen) atoms. The van der Waals surface area contributed by atoms with E-state index in [1.807, 2.05) is 13.0 Å². The molecule has 1 fully saturated rings. The fourth-order valence-electron chi connectivity index (χ4n) is 1.05. The SMILES string of the molecule is CCC=C1CCCOC1=O. The summed E-state index contributed by atoms with van der Waals surface area (Å²) in [6.07, 6.45) is 4.75. The summed E-state index contributed by atoms with van der Waals surface area (Å²) in [7, 11) is 0. The van der Waals surface area contributed by atoms with E-state index in [-0.39, 0.29) is 5.97 Å². The number of carbonyl (C=O) groups is 1. The summed E-state index contributed by atoms with van der Waals surface area (Å²) in [6.45, 7) is 2.62. The molecule has 0 saturated carbocycles. The summed E-state index contributed by atoms with van der Waals surface area (Å²) in [5.74, 6) is -0.117. The third kappa shape index (κ3) is 1.59. The van der Waals surface area contributed by atoms with Crippen molar-refractivity contribution in [1.82, 2.24) is 0 Å². The number of hydrogen-bond donors (Lipinski definition) is 0. The largest absolute Gasteiger partial charge is 0.462 e. The highest BCUT2D eigenvalue weighted by Crippen LogP contribution is 2.13. The van der Waals surface area contributed by atoms with Gasteiger partial charge in [-0.25, -0.2) is 4.79 Å². The Morgan fingerprint density at radius 1 is 1.70 bits per heavy atom. The van der Waals surface area contributed by atoms with E-state index in [0.717, 1.165) is 24.8 Å². The van der Waals surface area contributed by atoms with Gasteiger partial charge in [0.1, 0.15) is 0 Å². The van der Waals surface area contributed by atoms with Gasteiger partial charge in [-0.2, -0.15) is 0 Å². The molecule has 0 bridgehead atoms. The Hall–Kier alpha value is -0.790. The maximum atomic E-state index is 10.9. The van der Waals surface area contributed by atoms with Crippen LogP contribution < -0.4 is 0 Å². The maximum absolute atomic E-state index is 10.9. The van der Waals surface area contributed by atoms with E-state index in [4.69, 9.17) is 4.74 Å². The van der Waals surface area contributed by atoms with Gasteiger partial charge in [0, 0.05) is 5.57 Å². The average molecular weight is 140 g/mol. The summed E-state index contributed by atoms with van der Waals surface area (Å²) in [6, 6.07) is 0. The quantitative estimate of drug-likeness (QED) is 0.409. The first-order chi connectivity index (χ1) is 4.84. The molecule has 0 aromatic carbocycles. The molecule has 0 amide bonds. The van der Waals surface area contributed by atoms with Gasteiger partial charge >= 0.3 is 5.97 Å². The van der Waals surface area contributed by atoms with Crippen molar-refractivity contribution < 1.29 is 9.53 Å². The molecule has 1 rings (SSSR count). The fraction of sp³-hybridized carbons (Fsp3) is 0.625. The molecular weight excluding hydrogens is 128 g/mol. The van der Waals surface area contributed by atoms with Crippen molar-refractivity contribution in [3.05, 3.63) is 11.6 Å². The van der Waals surface area contributed by atoms with E-state index in [1.54, 1.807) is 0 Å². The normalized spacial score (nSPS) is 22.9. The van der Waals surface area contributed by atoms with Crippen LogP contribution in [0.5, 0.6) is 0 Å². The zero-order chi connectivity index (χ0) is 7.40. The highest BCUT2D eigenvalue weighted by atomic mass is 16.5. The van der Waals surface area contributed by atoms with Crippen LogP contribution in [-0.2, 0) is 9.53 Å². The Bertz CT molecular complexity index is 159. The first-order valence-electron chi connectivity index (χ1n) is 3.70. The number of carbonyl (C=O) groups excluding carboxylic acids is 1. The molecule has 1 heterocycles. The van der Waals surface area contributed by atoms with Crippen LogP contribution in [-0.4, -0.2) is 12.6 Å². The molecule has 0 unspecified atom stereocenters. The van der Waals surface area contributed by atoms with Crippen LogP contribution in [0.3, 0.4) is 0 Å². The van der Waals surface area contributed by atoms with Gasteiger partial charge in [0.2, 0.25) is 0 Å². The van der Waals surface area contributed by atoms with Crippen molar-refractivity contribution in [3.63, 3.8) is 0 Å². The van der Waals surface area contributed by atoms with Crippen LogP contribution in [0.2, 0.25) is 0 Å². The van der Waals surface area contributed by atoms with Gasteiger partial charge in [-0.15, -0.1) is 0 Å². The topological polar surface area (TPSA) is 26.3 Å². The first kappa shape index (κ1) is 7.32. The monoisotopic (exact) mass is 140 g/mol. The minimum atomic E-state index is -0.117. The Morgan fingerprint density at radius 2 is 2.50 bits per heavy atom. The minimum absolute atomic E-state index is 0.117. The summed E-state index contributed by atoms with van der Waals surface area (Å²) < 4.78 is 4.84. The average Bonchev–Trinajstić information content (AvgIpc) is 1.94. The van der Waals surface area contributed by atoms with Crippen LogP contribution in [0.4, 0.5) is 0 Å². The molecule has 1 saturated heterocycles. The molecular formula is C8H12O2. The fourth-order valence-corrected chi connectivity index (χ4v) is 1.05. The number of rotatable bonds is 1. The minimum Gasteiger partial charge on any atom is -0.462 e. The molecule has 0 aromatic rings. The Balaban J connectivity index is 2.56. The number of ether oxygens (including phenoxy) is 1. The lowest BCUT2D eigenvalue weighted by molar-refractivity contribution is -0.141. The van der Waals surface area contributed by atoms with E-state index >= 15 is 0 Å². The van der Waals surface area contributed by atoms with E-state index in [1.165, 1.54) is 0 Å². The molecule has 0 atom stereocenters. The molecule has 1 aliphatic rings. The lowest BCUT2D eigenvalue weighted by Gasteiger charge is -2.13. The molecule has 2 heteroatoms. The van der Waals surface area contributed by atoms with E-state index < -0.39 is 0 Å². The predicted molar refractivity (Wildman–Crippen MR) is 38.6 cm³/mol. The molecule has 0 radical (unpaired) electrons. The Labute approximate surface area is 60.9 Å². The highest BCUT2D eigenvalue weighted by molar-refractivity contribution is 5.88. The molecule has 0 aromatic heterocycles. The summed E-state index contributed by atoms with van der Waals surface area (Å²) >= 11 is 0. The second-order valence-electron chi connectivity index (χ2n) is 2.38. The zero-order valence-corrected chi connectivity index (χ0v) is 6.22. The highest BCUT2D eigenvalue weighted by Gasteiger charge is 2.14. The Kier molecular flexibility index (Phi) is 2.49. The third-order valence-corrected chi connectivity index (χ3v) is 1.54. The smallest absolute Gasteiger partial charge is 0.333 e. The second kappa shape index (κ2) is 3.40. The van der Waals surface area contributed by atoms with Crippen LogP contribution in [0.1, 0.15) is 26.2 Å². The molecule has 0 spiro atoms. The van der Waals surface area contributed by atoms with Crippen molar-refractivity contribution in [2.75, 3.05) is 6.61 Å². The number of allylic oxidation sites excluding steroid dienone is 1. The van der Waals surface area contributed by atoms with Crippen LogP contribution in [0.15, 0.2) is 11.6 Å². The van der Waals surface area contributed by atoms with Gasteiger partial charge in [-0.05, 0) is 19.3 Å². The van der Waals surface area contributed by atoms with Crippen molar-refractivity contribution in [2.45, 2.75) is 26.2 Å². The number of esters is 1. The van der Waals surface area contributed by atoms with Crippen LogP contribution in [0, 0.1) is 0 Å². The van der Waals surface area contributed by atoms with Crippen LogP contribution >= 0.6 is 0 Å². The van der Waals surface area contributed by atoms with Gasteiger partial charge in [0.05, 0.1) is 6.61 Å². The molecule has 0 N–H and O–H groups in total. The molecule has 2 nitrogen and oxygen atoms in total. The lowest BCUT2D eigenvalue weighted by Crippen LogP contribution is -2.15. The summed E-state index contributed by atoms with van der Waals surface area (Å²) in [5.41, 5.74) is 0.855. The summed E-state index contributed by atoms with van der Waals surface area (Å²) in [5, 5.41) is 0. The predicted octanol–water partition coefficient (Wildman–Crippen LogP) is 1.66. The van der Waals surface area contributed by atoms with Gasteiger partial charge in [-0.1, -0.05) is 13.0 Å². The first-order valence-corrected chi connectivity index (χ1v) is 3.70. The Morgan fingerprint density at radius 3 is 3.10 bits per heavy atom. The summed E-state index contributed by atoms with van der Waals surface area (Å²) in [4.78, 5) is 10.9. The number of hydrogen-bond acceptors (Lipinski definition) is 2. The van der Waals surface area contributed by atoms with Gasteiger partial charge in [0.15, 0.2) is 0 Å². The van der Waals surface area contributed by atoms with Crippen molar-refractivity contribution in [1.29, 1.82) is 0 Å². The van der Waals surface area contributed by atoms with Gasteiger partial charge in [-0.3, -0.25) is 0 Å². The van der Waals surface area contributed by atoms with Crippen LogP contribution in [0.25, 0.3) is 0 Å².